The Morgan fingerprint density at radius 2 is 1.56 bits per heavy atom. The van der Waals surface area contributed by atoms with Crippen LogP contribution in [0.2, 0.25) is 5.02 Å². The first kappa shape index (κ1) is 23.1. The predicted octanol–water partition coefficient (Wildman–Crippen LogP) is 3.01. The van der Waals surface area contributed by atoms with E-state index >= 15 is 0 Å². The minimum absolute atomic E-state index is 0.0680. The van der Waals surface area contributed by atoms with Gasteiger partial charge in [-0.3, -0.25) is 9.59 Å². The van der Waals surface area contributed by atoms with Gasteiger partial charge in [0.2, 0.25) is 10.0 Å². The second-order valence-electron chi connectivity index (χ2n) is 6.55. The molecule has 3 aromatic carbocycles. The van der Waals surface area contributed by atoms with Crippen molar-refractivity contribution < 1.29 is 27.5 Å². The molecule has 0 fully saturated rings. The third kappa shape index (κ3) is 5.58. The SMILES string of the molecule is NS(=O)(=O)c1ccc(Cl)c(C(=O)OCC(=O)Nc2ccccc2C(=O)c2ccccc2)c1. The molecule has 3 rings (SSSR count). The number of halogens is 1. The Labute approximate surface area is 189 Å². The average Bonchev–Trinajstić information content (AvgIpc) is 2.77. The monoisotopic (exact) mass is 472 g/mol. The molecule has 164 valence electrons. The third-order valence-corrected chi connectivity index (χ3v) is 5.54. The largest absolute Gasteiger partial charge is 0.452 e. The smallest absolute Gasteiger partial charge is 0.340 e. The molecule has 0 saturated carbocycles. The first-order valence-electron chi connectivity index (χ1n) is 9.15. The van der Waals surface area contributed by atoms with Crippen molar-refractivity contribution in [2.45, 2.75) is 4.90 Å². The number of ketones is 1. The number of amides is 1. The number of esters is 1. The molecule has 0 spiro atoms. The number of sulfonamides is 1. The highest BCUT2D eigenvalue weighted by molar-refractivity contribution is 7.89. The van der Waals surface area contributed by atoms with Crippen LogP contribution < -0.4 is 10.5 Å². The van der Waals surface area contributed by atoms with E-state index in [2.05, 4.69) is 5.32 Å². The number of anilines is 1. The van der Waals surface area contributed by atoms with Crippen molar-refractivity contribution in [3.8, 4) is 0 Å². The van der Waals surface area contributed by atoms with E-state index in [0.717, 1.165) is 12.1 Å². The Morgan fingerprint density at radius 3 is 2.25 bits per heavy atom. The van der Waals surface area contributed by atoms with Gasteiger partial charge in [-0.2, -0.15) is 0 Å². The first-order chi connectivity index (χ1) is 15.2. The van der Waals surface area contributed by atoms with E-state index < -0.39 is 28.5 Å². The number of carbonyl (C=O) groups is 3. The lowest BCUT2D eigenvalue weighted by Gasteiger charge is -2.11. The number of benzene rings is 3. The molecule has 0 bridgehead atoms. The Kier molecular flexibility index (Phi) is 7.04. The summed E-state index contributed by atoms with van der Waals surface area (Å²) in [6.45, 7) is -0.692. The fourth-order valence-electron chi connectivity index (χ4n) is 2.77. The summed E-state index contributed by atoms with van der Waals surface area (Å²) in [6, 6.07) is 18.2. The van der Waals surface area contributed by atoms with Crippen molar-refractivity contribution in [3.05, 3.63) is 94.5 Å². The Morgan fingerprint density at radius 1 is 0.906 bits per heavy atom. The molecule has 0 aromatic heterocycles. The number of ether oxygens (including phenoxy) is 1. The Bertz CT molecular complexity index is 1290. The number of hydrogen-bond acceptors (Lipinski definition) is 6. The van der Waals surface area contributed by atoms with Crippen molar-refractivity contribution in [1.29, 1.82) is 0 Å². The highest BCUT2D eigenvalue weighted by Crippen LogP contribution is 2.22. The summed E-state index contributed by atoms with van der Waals surface area (Å²) in [7, 11) is -4.06. The van der Waals surface area contributed by atoms with Crippen molar-refractivity contribution in [1.82, 2.24) is 0 Å². The number of rotatable bonds is 7. The first-order valence-corrected chi connectivity index (χ1v) is 11.1. The highest BCUT2D eigenvalue weighted by Gasteiger charge is 2.19. The van der Waals surface area contributed by atoms with Gasteiger partial charge in [0.1, 0.15) is 0 Å². The van der Waals surface area contributed by atoms with Crippen LogP contribution in [0.1, 0.15) is 26.3 Å². The number of carbonyl (C=O) groups excluding carboxylic acids is 3. The second kappa shape index (κ2) is 9.73. The molecule has 0 radical (unpaired) electrons. The minimum atomic E-state index is -4.06. The zero-order valence-corrected chi connectivity index (χ0v) is 18.0. The highest BCUT2D eigenvalue weighted by atomic mass is 35.5. The molecular formula is C22H17ClN2O6S. The molecule has 1 amide bonds. The van der Waals surface area contributed by atoms with Gasteiger partial charge in [-0.1, -0.05) is 54.1 Å². The van der Waals surface area contributed by atoms with Crippen LogP contribution in [0.25, 0.3) is 0 Å². The van der Waals surface area contributed by atoms with Crippen LogP contribution in [-0.2, 0) is 19.6 Å². The number of nitrogens with two attached hydrogens (primary N) is 1. The molecule has 32 heavy (non-hydrogen) atoms. The van der Waals surface area contributed by atoms with Gasteiger partial charge in [0.15, 0.2) is 12.4 Å². The van der Waals surface area contributed by atoms with Gasteiger partial charge in [0.25, 0.3) is 5.91 Å². The summed E-state index contributed by atoms with van der Waals surface area (Å²) < 4.78 is 27.9. The van der Waals surface area contributed by atoms with Gasteiger partial charge in [0, 0.05) is 11.1 Å². The summed E-state index contributed by atoms with van der Waals surface area (Å²) in [6.07, 6.45) is 0. The summed E-state index contributed by atoms with van der Waals surface area (Å²) in [5, 5.41) is 7.51. The minimum Gasteiger partial charge on any atom is -0.452 e. The normalized spacial score (nSPS) is 10.9. The van der Waals surface area contributed by atoms with E-state index in [1.54, 1.807) is 54.6 Å². The van der Waals surface area contributed by atoms with Crippen LogP contribution in [0.15, 0.2) is 77.7 Å². The molecule has 0 aliphatic rings. The maximum atomic E-state index is 12.7. The zero-order valence-electron chi connectivity index (χ0n) is 16.4. The average molecular weight is 473 g/mol. The fourth-order valence-corrected chi connectivity index (χ4v) is 3.50. The molecular weight excluding hydrogens is 456 g/mol. The van der Waals surface area contributed by atoms with Crippen LogP contribution >= 0.6 is 11.6 Å². The number of primary sulfonamides is 1. The van der Waals surface area contributed by atoms with E-state index in [-0.39, 0.29) is 32.5 Å². The van der Waals surface area contributed by atoms with Crippen LogP contribution in [0.5, 0.6) is 0 Å². The molecule has 3 N–H and O–H groups in total. The van der Waals surface area contributed by atoms with E-state index in [4.69, 9.17) is 21.5 Å². The lowest BCUT2D eigenvalue weighted by atomic mass is 10.0. The van der Waals surface area contributed by atoms with Gasteiger partial charge < -0.3 is 10.1 Å². The molecule has 0 aliphatic heterocycles. The van der Waals surface area contributed by atoms with Crippen molar-refractivity contribution in [2.75, 3.05) is 11.9 Å². The second-order valence-corrected chi connectivity index (χ2v) is 8.52. The quantitative estimate of drug-likeness (QED) is 0.401. The maximum Gasteiger partial charge on any atom is 0.340 e. The Balaban J connectivity index is 1.70. The Hall–Kier alpha value is -3.53. The summed E-state index contributed by atoms with van der Waals surface area (Å²) >= 11 is 5.93. The molecule has 0 unspecified atom stereocenters. The van der Waals surface area contributed by atoms with E-state index in [1.807, 2.05) is 0 Å². The van der Waals surface area contributed by atoms with Crippen LogP contribution in [0.4, 0.5) is 5.69 Å². The van der Waals surface area contributed by atoms with E-state index in [1.165, 1.54) is 6.07 Å². The predicted molar refractivity (Wildman–Crippen MR) is 118 cm³/mol. The lowest BCUT2D eigenvalue weighted by Crippen LogP contribution is -2.22. The zero-order chi connectivity index (χ0) is 23.3. The van der Waals surface area contributed by atoms with Crippen LogP contribution in [-0.4, -0.2) is 32.7 Å². The van der Waals surface area contributed by atoms with Gasteiger partial charge in [0.05, 0.1) is 21.2 Å². The molecule has 10 heteroatoms. The molecule has 0 aliphatic carbocycles. The van der Waals surface area contributed by atoms with E-state index in [9.17, 15) is 22.8 Å². The number of hydrogen-bond donors (Lipinski definition) is 2. The topological polar surface area (TPSA) is 133 Å². The van der Waals surface area contributed by atoms with Crippen LogP contribution in [0, 0.1) is 0 Å². The van der Waals surface area contributed by atoms with E-state index in [0.29, 0.717) is 5.56 Å². The standard InChI is InChI=1S/C22H17ClN2O6S/c23-18-11-10-15(32(24,29)30)12-17(18)22(28)31-13-20(26)25-19-9-5-4-8-16(19)21(27)14-6-2-1-3-7-14/h1-12H,13H2,(H,25,26)(H2,24,29,30). The lowest BCUT2D eigenvalue weighted by molar-refractivity contribution is -0.119. The van der Waals surface area contributed by atoms with Crippen molar-refractivity contribution >= 4 is 45.0 Å². The molecule has 8 nitrogen and oxygen atoms in total. The van der Waals surface area contributed by atoms with Crippen LogP contribution in [0.3, 0.4) is 0 Å². The fraction of sp³-hybridized carbons (Fsp3) is 0.0455. The number of nitrogens with one attached hydrogen (secondary N) is 1. The van der Waals surface area contributed by atoms with Crippen molar-refractivity contribution in [3.63, 3.8) is 0 Å². The van der Waals surface area contributed by atoms with Gasteiger partial charge >= 0.3 is 5.97 Å². The molecule has 3 aromatic rings. The van der Waals surface area contributed by atoms with Gasteiger partial charge in [-0.15, -0.1) is 0 Å². The van der Waals surface area contributed by atoms with Crippen molar-refractivity contribution in [2.24, 2.45) is 5.14 Å². The molecule has 0 atom stereocenters. The maximum absolute atomic E-state index is 12.7. The molecule has 0 saturated heterocycles. The van der Waals surface area contributed by atoms with Gasteiger partial charge in [-0.25, -0.2) is 18.4 Å². The summed E-state index contributed by atoms with van der Waals surface area (Å²) in [4.78, 5) is 37.0. The summed E-state index contributed by atoms with van der Waals surface area (Å²) in [5.74, 6) is -2.00. The van der Waals surface area contributed by atoms with Gasteiger partial charge in [-0.05, 0) is 30.3 Å². The number of para-hydroxylation sites is 1. The molecule has 0 heterocycles. The third-order valence-electron chi connectivity index (χ3n) is 4.30. The summed E-state index contributed by atoms with van der Waals surface area (Å²) in [5.41, 5.74) is 0.703.